The largest absolute Gasteiger partial charge is 0.496 e. The summed E-state index contributed by atoms with van der Waals surface area (Å²) in [5, 5.41) is 3.60. The number of ether oxygens (including phenoxy) is 2. The molecule has 3 aromatic rings. The first-order valence-electron chi connectivity index (χ1n) is 11.0. The predicted octanol–water partition coefficient (Wildman–Crippen LogP) is 5.15. The number of nitrogens with one attached hydrogen (secondary N) is 1. The molecule has 170 valence electrons. The van der Waals surface area contributed by atoms with Crippen LogP contribution in [0.4, 0.5) is 4.39 Å². The van der Waals surface area contributed by atoms with E-state index < -0.39 is 0 Å². The summed E-state index contributed by atoms with van der Waals surface area (Å²) in [6.45, 7) is 2.61. The van der Waals surface area contributed by atoms with Gasteiger partial charge in [-0.05, 0) is 44.1 Å². The Morgan fingerprint density at radius 3 is 2.66 bits per heavy atom. The zero-order valence-corrected chi connectivity index (χ0v) is 19.3. The monoisotopic (exact) mass is 456 g/mol. The number of thiophene rings is 1. The fraction of sp³-hybridized carbons (Fsp3) is 0.400. The highest BCUT2D eigenvalue weighted by molar-refractivity contribution is 7.21. The number of carbonyl (C=O) groups excluding carboxylic acids is 1. The minimum absolute atomic E-state index is 0.00684. The van der Waals surface area contributed by atoms with E-state index in [9.17, 15) is 9.18 Å². The lowest BCUT2D eigenvalue weighted by Gasteiger charge is -2.35. The minimum atomic E-state index is -0.329. The van der Waals surface area contributed by atoms with Gasteiger partial charge in [0.2, 0.25) is 0 Å². The van der Waals surface area contributed by atoms with Crippen LogP contribution in [0.15, 0.2) is 42.5 Å². The summed E-state index contributed by atoms with van der Waals surface area (Å²) in [5.74, 6) is 0.293. The van der Waals surface area contributed by atoms with Gasteiger partial charge < -0.3 is 14.8 Å². The van der Waals surface area contributed by atoms with E-state index in [1.807, 2.05) is 24.3 Å². The van der Waals surface area contributed by atoms with E-state index in [1.165, 1.54) is 23.8 Å². The van der Waals surface area contributed by atoms with Crippen LogP contribution in [-0.4, -0.2) is 44.7 Å². The van der Waals surface area contributed by atoms with Crippen molar-refractivity contribution in [1.82, 2.24) is 10.2 Å². The average molecular weight is 457 g/mol. The number of carbonyl (C=O) groups is 1. The molecule has 2 aromatic carbocycles. The van der Waals surface area contributed by atoms with Gasteiger partial charge in [-0.2, -0.15) is 0 Å². The van der Waals surface area contributed by atoms with E-state index in [0.29, 0.717) is 22.4 Å². The molecule has 0 spiro atoms. The molecule has 1 aliphatic rings. The van der Waals surface area contributed by atoms with Crippen LogP contribution in [-0.2, 0) is 11.3 Å². The summed E-state index contributed by atoms with van der Waals surface area (Å²) in [6, 6.07) is 12.9. The van der Waals surface area contributed by atoms with Gasteiger partial charge in [0.15, 0.2) is 0 Å². The number of para-hydroxylation sites is 1. The molecule has 1 unspecified atom stereocenters. The van der Waals surface area contributed by atoms with Crippen molar-refractivity contribution in [3.8, 4) is 5.75 Å². The number of benzene rings is 2. The van der Waals surface area contributed by atoms with Crippen molar-refractivity contribution in [3.05, 3.63) is 64.3 Å². The molecule has 5 nitrogen and oxygen atoms in total. The maximum atomic E-state index is 14.5. The number of rotatable bonds is 8. The van der Waals surface area contributed by atoms with Crippen molar-refractivity contribution in [2.24, 2.45) is 0 Å². The molecule has 1 aliphatic heterocycles. The van der Waals surface area contributed by atoms with E-state index in [4.69, 9.17) is 9.47 Å². The standard InChI is InChI=1S/C25H29FN2O3S/c1-30-16-18-23-19(26)10-8-12-22(23)32-24(18)25(29)27-15-20(28-13-6-3-7-14-28)17-9-4-5-11-21(17)31-2/h4-5,8-12,20H,3,6-7,13-16H2,1-2H3,(H,27,29). The zero-order valence-electron chi connectivity index (χ0n) is 18.5. The first-order valence-corrected chi connectivity index (χ1v) is 11.8. The fourth-order valence-electron chi connectivity index (χ4n) is 4.51. The number of halogens is 1. The van der Waals surface area contributed by atoms with Crippen molar-refractivity contribution < 1.29 is 18.7 Å². The van der Waals surface area contributed by atoms with E-state index in [2.05, 4.69) is 16.3 Å². The van der Waals surface area contributed by atoms with Gasteiger partial charge in [-0.15, -0.1) is 11.3 Å². The van der Waals surface area contributed by atoms with Gasteiger partial charge in [0.05, 0.1) is 24.6 Å². The molecule has 7 heteroatoms. The smallest absolute Gasteiger partial charge is 0.261 e. The molecule has 1 fully saturated rings. The third-order valence-electron chi connectivity index (χ3n) is 6.04. The number of amides is 1. The molecule has 0 bridgehead atoms. The molecular formula is C25H29FN2O3S. The molecule has 1 N–H and O–H groups in total. The zero-order chi connectivity index (χ0) is 22.5. The molecule has 32 heavy (non-hydrogen) atoms. The van der Waals surface area contributed by atoms with Crippen LogP contribution in [0.1, 0.15) is 46.1 Å². The van der Waals surface area contributed by atoms with Gasteiger partial charge in [-0.25, -0.2) is 4.39 Å². The van der Waals surface area contributed by atoms with Crippen LogP contribution < -0.4 is 10.1 Å². The first-order chi connectivity index (χ1) is 15.6. The predicted molar refractivity (Wildman–Crippen MR) is 126 cm³/mol. The molecule has 1 saturated heterocycles. The Labute approximate surface area is 192 Å². The van der Waals surface area contributed by atoms with E-state index in [0.717, 1.165) is 41.9 Å². The Bertz CT molecular complexity index is 1080. The lowest BCUT2D eigenvalue weighted by Crippen LogP contribution is -2.40. The topological polar surface area (TPSA) is 50.8 Å². The maximum Gasteiger partial charge on any atom is 0.261 e. The SMILES string of the molecule is COCc1c(C(=O)NCC(c2ccccc2OC)N2CCCCC2)sc2cccc(F)c12. The van der Waals surface area contributed by atoms with Gasteiger partial charge in [0, 0.05) is 34.9 Å². The van der Waals surface area contributed by atoms with Gasteiger partial charge >= 0.3 is 0 Å². The van der Waals surface area contributed by atoms with Crippen LogP contribution >= 0.6 is 11.3 Å². The molecule has 2 heterocycles. The second-order valence-electron chi connectivity index (χ2n) is 8.02. The molecule has 1 atom stereocenters. The number of fused-ring (bicyclic) bond motifs is 1. The normalized spacial score (nSPS) is 15.6. The van der Waals surface area contributed by atoms with Crippen molar-refractivity contribution in [2.75, 3.05) is 33.9 Å². The maximum absolute atomic E-state index is 14.5. The van der Waals surface area contributed by atoms with E-state index in [-0.39, 0.29) is 24.4 Å². The van der Waals surface area contributed by atoms with Crippen molar-refractivity contribution >= 4 is 27.3 Å². The summed E-state index contributed by atoms with van der Waals surface area (Å²) >= 11 is 1.31. The molecular weight excluding hydrogens is 427 g/mol. The minimum Gasteiger partial charge on any atom is -0.496 e. The summed E-state index contributed by atoms with van der Waals surface area (Å²) in [4.78, 5) is 16.2. The third-order valence-corrected chi connectivity index (χ3v) is 7.24. The Balaban J connectivity index is 1.61. The lowest BCUT2D eigenvalue weighted by molar-refractivity contribution is 0.0923. The number of piperidine rings is 1. The number of methoxy groups -OCH3 is 2. The van der Waals surface area contributed by atoms with Crippen LogP contribution in [0.2, 0.25) is 0 Å². The van der Waals surface area contributed by atoms with Crippen molar-refractivity contribution in [3.63, 3.8) is 0 Å². The van der Waals surface area contributed by atoms with Crippen molar-refractivity contribution in [2.45, 2.75) is 31.9 Å². The number of hydrogen-bond donors (Lipinski definition) is 1. The third kappa shape index (κ3) is 4.65. The van der Waals surface area contributed by atoms with Gasteiger partial charge in [-0.1, -0.05) is 30.7 Å². The molecule has 1 aromatic heterocycles. The highest BCUT2D eigenvalue weighted by Crippen LogP contribution is 2.35. The average Bonchev–Trinajstić information content (AvgIpc) is 3.20. The summed E-state index contributed by atoms with van der Waals surface area (Å²) < 4.78 is 26.2. The Morgan fingerprint density at radius 1 is 1.12 bits per heavy atom. The van der Waals surface area contributed by atoms with Gasteiger partial charge in [0.1, 0.15) is 11.6 Å². The Hall–Kier alpha value is -2.48. The highest BCUT2D eigenvalue weighted by atomic mass is 32.1. The molecule has 0 saturated carbocycles. The van der Waals surface area contributed by atoms with Gasteiger partial charge in [-0.3, -0.25) is 9.69 Å². The van der Waals surface area contributed by atoms with E-state index in [1.54, 1.807) is 20.3 Å². The fourth-order valence-corrected chi connectivity index (χ4v) is 5.65. The van der Waals surface area contributed by atoms with Crippen LogP contribution in [0.25, 0.3) is 10.1 Å². The Kier molecular flexibility index (Phi) is 7.40. The molecule has 1 amide bonds. The lowest BCUT2D eigenvalue weighted by atomic mass is 10.0. The summed E-state index contributed by atoms with van der Waals surface area (Å²) in [6.07, 6.45) is 3.52. The van der Waals surface area contributed by atoms with Crippen LogP contribution in [0, 0.1) is 5.82 Å². The number of hydrogen-bond acceptors (Lipinski definition) is 5. The molecule has 0 radical (unpaired) electrons. The van der Waals surface area contributed by atoms with Gasteiger partial charge in [0.25, 0.3) is 5.91 Å². The molecule has 0 aliphatic carbocycles. The van der Waals surface area contributed by atoms with E-state index >= 15 is 0 Å². The molecule has 4 rings (SSSR count). The number of likely N-dealkylation sites (tertiary alicyclic amines) is 1. The quantitative estimate of drug-likeness (QED) is 0.509. The van der Waals surface area contributed by atoms with Crippen molar-refractivity contribution in [1.29, 1.82) is 0 Å². The highest BCUT2D eigenvalue weighted by Gasteiger charge is 2.27. The van der Waals surface area contributed by atoms with Crippen LogP contribution in [0.3, 0.4) is 0 Å². The Morgan fingerprint density at radius 2 is 1.91 bits per heavy atom. The summed E-state index contributed by atoms with van der Waals surface area (Å²) in [7, 11) is 3.23. The second-order valence-corrected chi connectivity index (χ2v) is 9.07. The van der Waals surface area contributed by atoms with Crippen LogP contribution in [0.5, 0.6) is 5.75 Å². The summed E-state index contributed by atoms with van der Waals surface area (Å²) in [5.41, 5.74) is 1.67. The number of nitrogens with zero attached hydrogens (tertiary/aromatic N) is 1. The second kappa shape index (κ2) is 10.4. The first kappa shape index (κ1) is 22.7.